The van der Waals surface area contributed by atoms with Crippen LogP contribution in [0.25, 0.3) is 0 Å². The van der Waals surface area contributed by atoms with Gasteiger partial charge in [0.05, 0.1) is 0 Å². The summed E-state index contributed by atoms with van der Waals surface area (Å²) in [6.07, 6.45) is 20.0. The number of hydrogen-bond acceptors (Lipinski definition) is 2. The lowest BCUT2D eigenvalue weighted by molar-refractivity contribution is -0.146. The second-order valence-electron chi connectivity index (χ2n) is 6.20. The number of ether oxygens (including phenoxy) is 1. The maximum atomic E-state index is 11.2. The quantitative estimate of drug-likeness (QED) is 0.199. The molecule has 0 bridgehead atoms. The first kappa shape index (κ1) is 21.2. The highest BCUT2D eigenvalue weighted by Crippen LogP contribution is 2.13. The lowest BCUT2D eigenvalue weighted by atomic mass is 10.1. The summed E-state index contributed by atoms with van der Waals surface area (Å²) in [5.41, 5.74) is 0. The summed E-state index contributed by atoms with van der Waals surface area (Å²) in [7, 11) is 0. The minimum atomic E-state index is -0.153. The molecule has 1 atom stereocenters. The van der Waals surface area contributed by atoms with Crippen molar-refractivity contribution in [3.05, 3.63) is 19.1 Å². The van der Waals surface area contributed by atoms with Gasteiger partial charge in [0.1, 0.15) is 6.10 Å². The van der Waals surface area contributed by atoms with Crippen molar-refractivity contribution in [1.82, 2.24) is 0 Å². The molecule has 0 heterocycles. The molecule has 0 rings (SSSR count). The Labute approximate surface area is 138 Å². The smallest absolute Gasteiger partial charge is 0.302 e. The molecule has 0 saturated carbocycles. The molecule has 22 heavy (non-hydrogen) atoms. The molecular formula is C20H37O2. The molecule has 0 N–H and O–H groups in total. The molecule has 0 amide bonds. The number of allylic oxidation sites excluding steroid dienone is 1. The molecule has 0 aromatic carbocycles. The number of rotatable bonds is 15. The molecule has 0 spiro atoms. The van der Waals surface area contributed by atoms with Crippen LogP contribution in [0.1, 0.15) is 97.3 Å². The first-order valence-electron chi connectivity index (χ1n) is 9.32. The zero-order valence-corrected chi connectivity index (χ0v) is 14.9. The molecule has 0 aliphatic heterocycles. The molecule has 1 radical (unpaired) electrons. The summed E-state index contributed by atoms with van der Waals surface area (Å²) in [6, 6.07) is 0. The fraction of sp³-hybridized carbons (Fsp3) is 0.800. The van der Waals surface area contributed by atoms with E-state index in [0.29, 0.717) is 0 Å². The molecule has 0 saturated heterocycles. The molecule has 0 aromatic heterocycles. The molecule has 0 aliphatic carbocycles. The fourth-order valence-electron chi connectivity index (χ4n) is 2.59. The second kappa shape index (κ2) is 16.6. The van der Waals surface area contributed by atoms with Gasteiger partial charge >= 0.3 is 5.97 Å². The Bertz CT molecular complexity index is 271. The van der Waals surface area contributed by atoms with E-state index in [1.54, 1.807) is 0 Å². The summed E-state index contributed by atoms with van der Waals surface area (Å²) < 4.78 is 5.41. The first-order valence-corrected chi connectivity index (χ1v) is 9.32. The van der Waals surface area contributed by atoms with Crippen LogP contribution in [0, 0.1) is 6.92 Å². The number of esters is 1. The zero-order valence-electron chi connectivity index (χ0n) is 14.9. The van der Waals surface area contributed by atoms with E-state index in [9.17, 15) is 4.79 Å². The Hall–Kier alpha value is -0.790. The molecular weight excluding hydrogens is 272 g/mol. The summed E-state index contributed by atoms with van der Waals surface area (Å²) >= 11 is 0. The van der Waals surface area contributed by atoms with Crippen LogP contribution in [0.15, 0.2) is 12.2 Å². The van der Waals surface area contributed by atoms with Crippen molar-refractivity contribution >= 4 is 5.97 Å². The van der Waals surface area contributed by atoms with Gasteiger partial charge in [-0.3, -0.25) is 4.79 Å². The van der Waals surface area contributed by atoms with Gasteiger partial charge in [-0.2, -0.15) is 0 Å². The van der Waals surface area contributed by atoms with Crippen LogP contribution in [0.5, 0.6) is 0 Å². The molecule has 0 aliphatic rings. The number of carbonyl (C=O) groups is 1. The third-order valence-electron chi connectivity index (χ3n) is 3.90. The molecule has 129 valence electrons. The van der Waals surface area contributed by atoms with Gasteiger partial charge in [-0.25, -0.2) is 0 Å². The Morgan fingerprint density at radius 2 is 1.68 bits per heavy atom. The predicted molar refractivity (Wildman–Crippen MR) is 95.7 cm³/mol. The van der Waals surface area contributed by atoms with Gasteiger partial charge < -0.3 is 4.74 Å². The summed E-state index contributed by atoms with van der Waals surface area (Å²) in [5.74, 6) is -0.153. The number of hydrogen-bond donors (Lipinski definition) is 0. The van der Waals surface area contributed by atoms with E-state index in [1.165, 1.54) is 58.3 Å². The SMILES string of the molecule is [CH2]CCCCCCC/C=C\C[C@@H](CCCCCC)OC(C)=O. The van der Waals surface area contributed by atoms with E-state index in [1.807, 2.05) is 0 Å². The monoisotopic (exact) mass is 309 g/mol. The highest BCUT2D eigenvalue weighted by atomic mass is 16.5. The minimum Gasteiger partial charge on any atom is -0.462 e. The fourth-order valence-corrected chi connectivity index (χ4v) is 2.59. The van der Waals surface area contributed by atoms with Crippen molar-refractivity contribution < 1.29 is 9.53 Å². The number of carbonyl (C=O) groups excluding carboxylic acids is 1. The Morgan fingerprint density at radius 1 is 1.00 bits per heavy atom. The van der Waals surface area contributed by atoms with E-state index < -0.39 is 0 Å². The van der Waals surface area contributed by atoms with Crippen LogP contribution >= 0.6 is 0 Å². The van der Waals surface area contributed by atoms with Crippen LogP contribution in [-0.2, 0) is 9.53 Å². The van der Waals surface area contributed by atoms with Crippen LogP contribution in [0.3, 0.4) is 0 Å². The van der Waals surface area contributed by atoms with Crippen LogP contribution < -0.4 is 0 Å². The Morgan fingerprint density at radius 3 is 2.36 bits per heavy atom. The zero-order chi connectivity index (χ0) is 16.5. The van der Waals surface area contributed by atoms with Crippen molar-refractivity contribution in [2.45, 2.75) is 103 Å². The molecule has 2 nitrogen and oxygen atoms in total. The Kier molecular flexibility index (Phi) is 16.0. The molecule has 0 aromatic rings. The summed E-state index contributed by atoms with van der Waals surface area (Å²) in [5, 5.41) is 0. The highest BCUT2D eigenvalue weighted by Gasteiger charge is 2.09. The average molecular weight is 310 g/mol. The van der Waals surface area contributed by atoms with Gasteiger partial charge in [-0.15, -0.1) is 0 Å². The normalized spacial score (nSPS) is 12.7. The van der Waals surface area contributed by atoms with E-state index >= 15 is 0 Å². The van der Waals surface area contributed by atoms with Crippen molar-refractivity contribution in [3.63, 3.8) is 0 Å². The highest BCUT2D eigenvalue weighted by molar-refractivity contribution is 5.66. The van der Waals surface area contributed by atoms with Crippen molar-refractivity contribution in [3.8, 4) is 0 Å². The standard InChI is InChI=1S/C20H37O2/c1-4-6-8-10-11-12-13-14-16-18-20(22-19(3)21)17-15-9-7-5-2/h14,16,20H,1,4-13,15,17-18H2,2-3H3/b16-14-/t20-/m1/s1. The average Bonchev–Trinajstić information content (AvgIpc) is 2.49. The largest absolute Gasteiger partial charge is 0.462 e. The van der Waals surface area contributed by atoms with Crippen molar-refractivity contribution in [1.29, 1.82) is 0 Å². The predicted octanol–water partition coefficient (Wildman–Crippen LogP) is 6.40. The van der Waals surface area contributed by atoms with E-state index in [0.717, 1.165) is 32.1 Å². The van der Waals surface area contributed by atoms with Gasteiger partial charge in [-0.1, -0.05) is 77.4 Å². The lowest BCUT2D eigenvalue weighted by Gasteiger charge is -2.15. The summed E-state index contributed by atoms with van der Waals surface area (Å²) in [6.45, 7) is 7.59. The topological polar surface area (TPSA) is 26.3 Å². The molecule has 0 fully saturated rings. The van der Waals surface area contributed by atoms with Crippen LogP contribution in [0.4, 0.5) is 0 Å². The van der Waals surface area contributed by atoms with Gasteiger partial charge in [0.2, 0.25) is 0 Å². The second-order valence-corrected chi connectivity index (χ2v) is 6.20. The van der Waals surface area contributed by atoms with Gasteiger partial charge in [0.25, 0.3) is 0 Å². The number of unbranched alkanes of at least 4 members (excludes halogenated alkanes) is 9. The Balaban J connectivity index is 3.71. The van der Waals surface area contributed by atoms with Crippen molar-refractivity contribution in [2.24, 2.45) is 0 Å². The molecule has 0 unspecified atom stereocenters. The van der Waals surface area contributed by atoms with Gasteiger partial charge in [0.15, 0.2) is 0 Å². The minimum absolute atomic E-state index is 0.0719. The lowest BCUT2D eigenvalue weighted by Crippen LogP contribution is -2.15. The summed E-state index contributed by atoms with van der Waals surface area (Å²) in [4.78, 5) is 11.2. The van der Waals surface area contributed by atoms with E-state index in [4.69, 9.17) is 4.74 Å². The van der Waals surface area contributed by atoms with Crippen LogP contribution in [-0.4, -0.2) is 12.1 Å². The van der Waals surface area contributed by atoms with E-state index in [2.05, 4.69) is 26.0 Å². The van der Waals surface area contributed by atoms with Crippen LogP contribution in [0.2, 0.25) is 0 Å². The third kappa shape index (κ3) is 15.6. The third-order valence-corrected chi connectivity index (χ3v) is 3.90. The first-order chi connectivity index (χ1) is 10.7. The van der Waals surface area contributed by atoms with Crippen molar-refractivity contribution in [2.75, 3.05) is 0 Å². The molecule has 2 heteroatoms. The van der Waals surface area contributed by atoms with Gasteiger partial charge in [-0.05, 0) is 25.7 Å². The maximum absolute atomic E-state index is 11.2. The van der Waals surface area contributed by atoms with E-state index in [-0.39, 0.29) is 12.1 Å². The van der Waals surface area contributed by atoms with Gasteiger partial charge in [0, 0.05) is 13.3 Å². The maximum Gasteiger partial charge on any atom is 0.302 e.